The van der Waals surface area contributed by atoms with Gasteiger partial charge in [-0.1, -0.05) is 6.42 Å². The van der Waals surface area contributed by atoms with Crippen LogP contribution in [0.25, 0.3) is 0 Å². The Balaban J connectivity index is 1.30. The quantitative estimate of drug-likeness (QED) is 0.807. The second-order valence-corrected chi connectivity index (χ2v) is 7.02. The van der Waals surface area contributed by atoms with E-state index in [0.29, 0.717) is 32.8 Å². The van der Waals surface area contributed by atoms with E-state index >= 15 is 0 Å². The first-order valence-corrected chi connectivity index (χ1v) is 9.02. The Morgan fingerprint density at radius 2 is 1.79 bits per heavy atom. The van der Waals surface area contributed by atoms with Crippen molar-refractivity contribution in [3.05, 3.63) is 18.5 Å². The van der Waals surface area contributed by atoms with Gasteiger partial charge in [0.15, 0.2) is 0 Å². The third-order valence-electron chi connectivity index (χ3n) is 5.28. The van der Waals surface area contributed by atoms with Gasteiger partial charge in [0.2, 0.25) is 5.91 Å². The van der Waals surface area contributed by atoms with Crippen LogP contribution in [-0.4, -0.2) is 83.6 Å². The molecule has 0 aromatic carbocycles. The summed E-state index contributed by atoms with van der Waals surface area (Å²) in [6, 6.07) is 2.02. The zero-order chi connectivity index (χ0) is 16.4. The summed E-state index contributed by atoms with van der Waals surface area (Å²) < 4.78 is 14.0. The van der Waals surface area contributed by atoms with Gasteiger partial charge < -0.3 is 14.4 Å². The molecule has 132 valence electrons. The highest BCUT2D eigenvalue weighted by molar-refractivity contribution is 5.78. The number of fused-ring (bicyclic) bond motifs is 1. The Morgan fingerprint density at radius 3 is 2.42 bits per heavy atom. The molecule has 3 fully saturated rings. The maximum Gasteiger partial charge on any atom is 0.236 e. The van der Waals surface area contributed by atoms with E-state index in [2.05, 4.69) is 10.00 Å². The van der Waals surface area contributed by atoms with Crippen molar-refractivity contribution in [1.82, 2.24) is 19.6 Å². The molecule has 2 atom stereocenters. The van der Waals surface area contributed by atoms with Crippen molar-refractivity contribution in [2.45, 2.75) is 37.5 Å². The lowest BCUT2D eigenvalue weighted by Crippen LogP contribution is -2.42. The van der Waals surface area contributed by atoms with Crippen LogP contribution in [0.15, 0.2) is 18.5 Å². The second kappa shape index (κ2) is 7.21. The van der Waals surface area contributed by atoms with Crippen LogP contribution in [0.1, 0.15) is 25.3 Å². The summed E-state index contributed by atoms with van der Waals surface area (Å²) in [4.78, 5) is 16.7. The molecule has 3 aliphatic rings. The zero-order valence-electron chi connectivity index (χ0n) is 14.0. The van der Waals surface area contributed by atoms with Crippen LogP contribution in [0.5, 0.6) is 0 Å². The van der Waals surface area contributed by atoms with Crippen LogP contribution in [0.4, 0.5) is 0 Å². The molecule has 3 saturated heterocycles. The molecule has 1 aromatic heterocycles. The van der Waals surface area contributed by atoms with E-state index in [1.165, 1.54) is 19.3 Å². The van der Waals surface area contributed by atoms with E-state index in [4.69, 9.17) is 9.47 Å². The molecular formula is C17H26N4O3. The predicted molar refractivity (Wildman–Crippen MR) is 87.6 cm³/mol. The molecule has 1 amide bonds. The second-order valence-electron chi connectivity index (χ2n) is 7.02. The summed E-state index contributed by atoms with van der Waals surface area (Å²) >= 11 is 0. The van der Waals surface area contributed by atoms with Gasteiger partial charge in [0.25, 0.3) is 0 Å². The van der Waals surface area contributed by atoms with E-state index in [1.807, 2.05) is 21.8 Å². The molecule has 7 nitrogen and oxygen atoms in total. The van der Waals surface area contributed by atoms with Gasteiger partial charge in [0, 0.05) is 25.5 Å². The Labute approximate surface area is 142 Å². The molecule has 4 rings (SSSR count). The topological polar surface area (TPSA) is 59.8 Å². The smallest absolute Gasteiger partial charge is 0.236 e. The molecule has 7 heteroatoms. The largest absolute Gasteiger partial charge is 0.371 e. The number of amides is 1. The summed E-state index contributed by atoms with van der Waals surface area (Å²) in [7, 11) is 0. The Bertz CT molecular complexity index is 528. The van der Waals surface area contributed by atoms with Crippen LogP contribution >= 0.6 is 0 Å². The number of carbonyl (C=O) groups excluding carboxylic acids is 1. The molecule has 1 aromatic rings. The molecule has 0 aliphatic carbocycles. The van der Waals surface area contributed by atoms with Gasteiger partial charge in [-0.15, -0.1) is 0 Å². The number of hydrogen-bond acceptors (Lipinski definition) is 5. The number of ether oxygens (including phenoxy) is 2. The summed E-state index contributed by atoms with van der Waals surface area (Å²) in [6.45, 7) is 5.08. The van der Waals surface area contributed by atoms with Crippen LogP contribution < -0.4 is 0 Å². The van der Waals surface area contributed by atoms with Gasteiger partial charge >= 0.3 is 0 Å². The highest BCUT2D eigenvalue weighted by Gasteiger charge is 2.39. The molecular weight excluding hydrogens is 308 g/mol. The van der Waals surface area contributed by atoms with E-state index in [-0.39, 0.29) is 24.2 Å². The summed E-state index contributed by atoms with van der Waals surface area (Å²) in [5.41, 5.74) is 0. The Hall–Kier alpha value is -1.44. The molecule has 24 heavy (non-hydrogen) atoms. The summed E-state index contributed by atoms with van der Waals surface area (Å²) in [5.74, 6) is 0.209. The van der Waals surface area contributed by atoms with Crippen LogP contribution in [0.3, 0.4) is 0 Å². The van der Waals surface area contributed by atoms with Gasteiger partial charge in [-0.25, -0.2) is 0 Å². The van der Waals surface area contributed by atoms with E-state index in [1.54, 1.807) is 6.20 Å². The van der Waals surface area contributed by atoms with Crippen molar-refractivity contribution in [1.29, 1.82) is 0 Å². The Kier molecular flexibility index (Phi) is 4.82. The number of rotatable bonds is 3. The maximum atomic E-state index is 12.6. The normalized spacial score (nSPS) is 29.4. The van der Waals surface area contributed by atoms with Gasteiger partial charge in [-0.3, -0.25) is 14.4 Å². The number of hydrogen-bond donors (Lipinski definition) is 0. The molecule has 0 bridgehead atoms. The molecule has 0 spiro atoms. The average Bonchev–Trinajstić information content (AvgIpc) is 3.23. The first-order valence-electron chi connectivity index (χ1n) is 9.02. The van der Waals surface area contributed by atoms with E-state index in [0.717, 1.165) is 13.1 Å². The number of likely N-dealkylation sites (tertiary alicyclic amines) is 2. The lowest BCUT2D eigenvalue weighted by molar-refractivity contribution is -0.132. The number of piperidine rings is 1. The lowest BCUT2D eigenvalue weighted by Gasteiger charge is -2.28. The van der Waals surface area contributed by atoms with Crippen LogP contribution in [0, 0.1) is 0 Å². The molecule has 0 unspecified atom stereocenters. The fourth-order valence-electron chi connectivity index (χ4n) is 3.84. The van der Waals surface area contributed by atoms with Crippen molar-refractivity contribution in [2.75, 3.05) is 45.9 Å². The first kappa shape index (κ1) is 16.1. The molecule has 4 heterocycles. The highest BCUT2D eigenvalue weighted by atomic mass is 16.6. The fraction of sp³-hybridized carbons (Fsp3) is 0.765. The highest BCUT2D eigenvalue weighted by Crippen LogP contribution is 2.24. The fourth-order valence-corrected chi connectivity index (χ4v) is 3.84. The minimum atomic E-state index is -0.0177. The summed E-state index contributed by atoms with van der Waals surface area (Å²) in [5, 5.41) is 4.27. The Morgan fingerprint density at radius 1 is 1.08 bits per heavy atom. The van der Waals surface area contributed by atoms with Gasteiger partial charge in [0.05, 0.1) is 25.8 Å². The van der Waals surface area contributed by atoms with Gasteiger partial charge in [-0.05, 0) is 32.0 Å². The van der Waals surface area contributed by atoms with Crippen molar-refractivity contribution in [3.63, 3.8) is 0 Å². The zero-order valence-corrected chi connectivity index (χ0v) is 14.0. The minimum Gasteiger partial charge on any atom is -0.371 e. The average molecular weight is 334 g/mol. The minimum absolute atomic E-state index is 0.0177. The molecule has 0 saturated carbocycles. The van der Waals surface area contributed by atoms with E-state index < -0.39 is 0 Å². The monoisotopic (exact) mass is 334 g/mol. The molecule has 0 radical (unpaired) electrons. The molecule has 0 N–H and O–H groups in total. The van der Waals surface area contributed by atoms with Crippen LogP contribution in [0.2, 0.25) is 0 Å². The van der Waals surface area contributed by atoms with Crippen molar-refractivity contribution in [3.8, 4) is 0 Å². The molecule has 3 aliphatic heterocycles. The number of carbonyl (C=O) groups is 1. The third-order valence-corrected chi connectivity index (χ3v) is 5.28. The van der Waals surface area contributed by atoms with Crippen molar-refractivity contribution >= 4 is 5.91 Å². The lowest BCUT2D eigenvalue weighted by atomic mass is 10.1. The van der Waals surface area contributed by atoms with Crippen molar-refractivity contribution in [2.24, 2.45) is 0 Å². The van der Waals surface area contributed by atoms with E-state index in [9.17, 15) is 4.79 Å². The first-order chi connectivity index (χ1) is 11.8. The van der Waals surface area contributed by atoms with Crippen molar-refractivity contribution < 1.29 is 14.3 Å². The number of aromatic nitrogens is 2. The van der Waals surface area contributed by atoms with Gasteiger partial charge in [-0.2, -0.15) is 5.10 Å². The third kappa shape index (κ3) is 3.48. The predicted octanol–water partition coefficient (Wildman–Crippen LogP) is 0.536. The number of nitrogens with zero attached hydrogens (tertiary/aromatic N) is 4. The SMILES string of the molecule is O=C(CN1CCCCC1)N1C[C@@H]2OCC(n3cccn3)CO[C@H]2C1. The summed E-state index contributed by atoms with van der Waals surface area (Å²) in [6.07, 6.45) is 7.38. The van der Waals surface area contributed by atoms with Gasteiger partial charge in [0.1, 0.15) is 12.2 Å². The maximum absolute atomic E-state index is 12.6. The standard InChI is InChI=1S/C17H26N4O3/c22-17(11-19-6-2-1-3-7-19)20-9-15-16(10-20)24-13-14(12-23-15)21-8-4-5-18-21/h4-5,8,14-16H,1-3,6-7,9-13H2/t15-,16-/m0/s1. The van der Waals surface area contributed by atoms with Crippen LogP contribution in [-0.2, 0) is 14.3 Å².